The van der Waals surface area contributed by atoms with Crippen LogP contribution >= 0.6 is 0 Å². The minimum atomic E-state index is -0.0738. The molecule has 1 aliphatic heterocycles. The van der Waals surface area contributed by atoms with Crippen LogP contribution in [0.3, 0.4) is 0 Å². The number of piperidine rings is 1. The van der Waals surface area contributed by atoms with E-state index >= 15 is 0 Å². The largest absolute Gasteiger partial charge is 0.394 e. The lowest BCUT2D eigenvalue weighted by Gasteiger charge is -2.36. The van der Waals surface area contributed by atoms with E-state index in [2.05, 4.69) is 37.9 Å². The van der Waals surface area contributed by atoms with Crippen LogP contribution in [-0.4, -0.2) is 47.8 Å². The van der Waals surface area contributed by atoms with Gasteiger partial charge in [-0.25, -0.2) is 0 Å². The fourth-order valence-electron chi connectivity index (χ4n) is 3.33. The normalized spacial score (nSPS) is 24.6. The van der Waals surface area contributed by atoms with Gasteiger partial charge in [0.15, 0.2) is 0 Å². The van der Waals surface area contributed by atoms with Gasteiger partial charge in [-0.15, -0.1) is 0 Å². The summed E-state index contributed by atoms with van der Waals surface area (Å²) in [6, 6.07) is 0.433. The molecule has 0 aromatic heterocycles. The number of nitrogens with zero attached hydrogens (tertiary/aromatic N) is 1. The highest BCUT2D eigenvalue weighted by Crippen LogP contribution is 2.20. The van der Waals surface area contributed by atoms with Crippen LogP contribution in [0.5, 0.6) is 0 Å². The molecule has 19 heavy (non-hydrogen) atoms. The fraction of sp³-hybridized carbons (Fsp3) is 1.00. The fourth-order valence-corrected chi connectivity index (χ4v) is 3.33. The Morgan fingerprint density at radius 3 is 2.68 bits per heavy atom. The van der Waals surface area contributed by atoms with Gasteiger partial charge in [-0.3, -0.25) is 0 Å². The molecular weight excluding hydrogens is 236 g/mol. The molecule has 1 aliphatic rings. The van der Waals surface area contributed by atoms with Crippen LogP contribution in [0.2, 0.25) is 0 Å². The molecule has 3 nitrogen and oxygen atoms in total. The van der Waals surface area contributed by atoms with Crippen molar-refractivity contribution in [2.75, 3.05) is 26.2 Å². The van der Waals surface area contributed by atoms with Crippen LogP contribution < -0.4 is 5.32 Å². The van der Waals surface area contributed by atoms with Crippen molar-refractivity contribution >= 4 is 0 Å². The first kappa shape index (κ1) is 16.9. The Balaban J connectivity index is 2.35. The van der Waals surface area contributed by atoms with Crippen molar-refractivity contribution in [2.45, 2.75) is 71.4 Å². The number of likely N-dealkylation sites (tertiary alicyclic amines) is 1. The maximum Gasteiger partial charge on any atom is 0.0613 e. The molecule has 1 rings (SSSR count). The van der Waals surface area contributed by atoms with E-state index in [1.54, 1.807) is 0 Å². The van der Waals surface area contributed by atoms with E-state index in [0.717, 1.165) is 18.8 Å². The van der Waals surface area contributed by atoms with Crippen LogP contribution in [0.15, 0.2) is 0 Å². The second kappa shape index (κ2) is 8.23. The maximum atomic E-state index is 9.73. The van der Waals surface area contributed by atoms with Crippen molar-refractivity contribution in [1.82, 2.24) is 10.2 Å². The highest BCUT2D eigenvalue weighted by Gasteiger charge is 2.27. The van der Waals surface area contributed by atoms with Crippen molar-refractivity contribution in [3.63, 3.8) is 0 Å². The Morgan fingerprint density at radius 1 is 1.42 bits per heavy atom. The molecule has 0 bridgehead atoms. The van der Waals surface area contributed by atoms with Gasteiger partial charge in [0.05, 0.1) is 6.61 Å². The molecule has 0 radical (unpaired) electrons. The maximum absolute atomic E-state index is 9.73. The van der Waals surface area contributed by atoms with E-state index in [4.69, 9.17) is 0 Å². The van der Waals surface area contributed by atoms with Crippen LogP contribution in [-0.2, 0) is 0 Å². The van der Waals surface area contributed by atoms with Gasteiger partial charge in [-0.2, -0.15) is 0 Å². The number of aliphatic hydroxyl groups excluding tert-OH is 1. The first-order chi connectivity index (χ1) is 9.01. The molecule has 1 fully saturated rings. The van der Waals surface area contributed by atoms with Crippen molar-refractivity contribution < 1.29 is 5.11 Å². The topological polar surface area (TPSA) is 35.5 Å². The van der Waals surface area contributed by atoms with Gasteiger partial charge in [0.25, 0.3) is 0 Å². The van der Waals surface area contributed by atoms with Gasteiger partial charge in [0.1, 0.15) is 0 Å². The van der Waals surface area contributed by atoms with E-state index in [0.29, 0.717) is 6.04 Å². The number of hydrogen-bond acceptors (Lipinski definition) is 3. The Labute approximate surface area is 119 Å². The van der Waals surface area contributed by atoms with Crippen molar-refractivity contribution in [3.8, 4) is 0 Å². The average Bonchev–Trinajstić information content (AvgIpc) is 2.37. The summed E-state index contributed by atoms with van der Waals surface area (Å²) in [4.78, 5) is 2.60. The van der Waals surface area contributed by atoms with Gasteiger partial charge in [-0.1, -0.05) is 27.7 Å². The molecule has 3 heteroatoms. The Kier molecular flexibility index (Phi) is 7.33. The molecular formula is C16H34N2O. The molecule has 2 unspecified atom stereocenters. The summed E-state index contributed by atoms with van der Waals surface area (Å²) in [5.74, 6) is 0.858. The zero-order valence-corrected chi connectivity index (χ0v) is 13.4. The predicted octanol–water partition coefficient (Wildman–Crippen LogP) is 2.64. The lowest BCUT2D eigenvalue weighted by Crippen LogP contribution is -2.51. The quantitative estimate of drug-likeness (QED) is 0.712. The van der Waals surface area contributed by atoms with Gasteiger partial charge in [0.2, 0.25) is 0 Å². The van der Waals surface area contributed by atoms with E-state index < -0.39 is 0 Å². The highest BCUT2D eigenvalue weighted by atomic mass is 16.3. The Morgan fingerprint density at radius 2 is 2.16 bits per heavy atom. The smallest absolute Gasteiger partial charge is 0.0613 e. The third-order valence-electron chi connectivity index (χ3n) is 4.45. The van der Waals surface area contributed by atoms with Crippen LogP contribution in [0.25, 0.3) is 0 Å². The van der Waals surface area contributed by atoms with E-state index in [1.165, 1.54) is 38.9 Å². The van der Waals surface area contributed by atoms with E-state index in [1.807, 2.05) is 0 Å². The minimum Gasteiger partial charge on any atom is -0.394 e. The molecule has 1 saturated heterocycles. The first-order valence-corrected chi connectivity index (χ1v) is 8.12. The Bertz CT molecular complexity index is 239. The van der Waals surface area contributed by atoms with E-state index in [9.17, 15) is 5.11 Å². The second-order valence-electron chi connectivity index (χ2n) is 6.74. The third kappa shape index (κ3) is 5.80. The number of nitrogens with one attached hydrogen (secondary N) is 1. The van der Waals surface area contributed by atoms with Crippen molar-refractivity contribution in [2.24, 2.45) is 5.92 Å². The predicted molar refractivity (Wildman–Crippen MR) is 82.5 cm³/mol. The van der Waals surface area contributed by atoms with Crippen molar-refractivity contribution in [1.29, 1.82) is 0 Å². The van der Waals surface area contributed by atoms with Crippen LogP contribution in [0, 0.1) is 5.92 Å². The van der Waals surface area contributed by atoms with Gasteiger partial charge >= 0.3 is 0 Å². The van der Waals surface area contributed by atoms with Gasteiger partial charge in [-0.05, 0) is 51.1 Å². The monoisotopic (exact) mass is 270 g/mol. The summed E-state index contributed by atoms with van der Waals surface area (Å²) in [6.07, 6.45) is 5.99. The molecule has 0 amide bonds. The lowest BCUT2D eigenvalue weighted by atomic mass is 9.90. The summed E-state index contributed by atoms with van der Waals surface area (Å²) in [5, 5.41) is 13.3. The minimum absolute atomic E-state index is 0.0738. The molecule has 0 spiro atoms. The molecule has 2 N–H and O–H groups in total. The molecule has 2 atom stereocenters. The molecule has 0 saturated carbocycles. The number of hydrogen-bond donors (Lipinski definition) is 2. The SMILES string of the molecule is CCC(CO)(CCCN1CCCC(C)C1)NC(C)C. The van der Waals surface area contributed by atoms with Crippen LogP contribution in [0.1, 0.15) is 59.8 Å². The highest BCUT2D eigenvalue weighted by molar-refractivity contribution is 4.88. The average molecular weight is 270 g/mol. The molecule has 1 heterocycles. The third-order valence-corrected chi connectivity index (χ3v) is 4.45. The zero-order chi connectivity index (χ0) is 14.3. The van der Waals surface area contributed by atoms with E-state index in [-0.39, 0.29) is 12.1 Å². The first-order valence-electron chi connectivity index (χ1n) is 8.12. The summed E-state index contributed by atoms with van der Waals surface area (Å²) in [5.41, 5.74) is -0.0738. The standard InChI is InChI=1S/C16H34N2O/c1-5-16(13-19,17-14(2)3)9-7-11-18-10-6-8-15(4)12-18/h14-15,17,19H,5-13H2,1-4H3. The second-order valence-corrected chi connectivity index (χ2v) is 6.74. The molecule has 0 aromatic carbocycles. The molecule has 0 aliphatic carbocycles. The molecule has 114 valence electrons. The molecule has 0 aromatic rings. The van der Waals surface area contributed by atoms with Gasteiger partial charge in [0, 0.05) is 18.1 Å². The number of aliphatic hydroxyl groups is 1. The number of rotatable bonds is 8. The summed E-state index contributed by atoms with van der Waals surface area (Å²) >= 11 is 0. The summed E-state index contributed by atoms with van der Waals surface area (Å²) < 4.78 is 0. The zero-order valence-electron chi connectivity index (χ0n) is 13.4. The Hall–Kier alpha value is -0.120. The van der Waals surface area contributed by atoms with Crippen LogP contribution in [0.4, 0.5) is 0 Å². The lowest BCUT2D eigenvalue weighted by molar-refractivity contribution is 0.123. The summed E-state index contributed by atoms with van der Waals surface area (Å²) in [6.45, 7) is 12.8. The summed E-state index contributed by atoms with van der Waals surface area (Å²) in [7, 11) is 0. The van der Waals surface area contributed by atoms with Crippen molar-refractivity contribution in [3.05, 3.63) is 0 Å². The van der Waals surface area contributed by atoms with Gasteiger partial charge < -0.3 is 15.3 Å².